The summed E-state index contributed by atoms with van der Waals surface area (Å²) in [6, 6.07) is 7.03. The van der Waals surface area contributed by atoms with E-state index in [1.54, 1.807) is 0 Å². The van der Waals surface area contributed by atoms with Crippen LogP contribution < -0.4 is 5.73 Å². The molecule has 1 aliphatic carbocycles. The lowest BCUT2D eigenvalue weighted by atomic mass is 9.85. The number of halogens is 1. The fourth-order valence-corrected chi connectivity index (χ4v) is 3.11. The molecule has 2 unspecified atom stereocenters. The normalized spacial score (nSPS) is 26.0. The third kappa shape index (κ3) is 3.54. The van der Waals surface area contributed by atoms with E-state index in [-0.39, 0.29) is 17.3 Å². The van der Waals surface area contributed by atoms with Gasteiger partial charge in [0.05, 0.1) is 0 Å². The SMILES string of the molecule is CN(Cc1ccc(F)cc1)CC1CCC(C)(C)C1N. The predicted molar refractivity (Wildman–Crippen MR) is 77.2 cm³/mol. The van der Waals surface area contributed by atoms with E-state index in [0.29, 0.717) is 5.92 Å². The summed E-state index contributed by atoms with van der Waals surface area (Å²) >= 11 is 0. The van der Waals surface area contributed by atoms with E-state index >= 15 is 0 Å². The highest BCUT2D eigenvalue weighted by atomic mass is 19.1. The van der Waals surface area contributed by atoms with Gasteiger partial charge in [-0.3, -0.25) is 0 Å². The monoisotopic (exact) mass is 264 g/mol. The quantitative estimate of drug-likeness (QED) is 0.905. The number of benzene rings is 1. The van der Waals surface area contributed by atoms with Gasteiger partial charge in [0.1, 0.15) is 5.82 Å². The summed E-state index contributed by atoms with van der Waals surface area (Å²) in [6.45, 7) is 6.39. The second-order valence-electron chi connectivity index (χ2n) is 6.64. The van der Waals surface area contributed by atoms with Gasteiger partial charge in [-0.2, -0.15) is 0 Å². The van der Waals surface area contributed by atoms with Crippen molar-refractivity contribution >= 4 is 0 Å². The van der Waals surface area contributed by atoms with E-state index in [1.165, 1.54) is 25.0 Å². The van der Waals surface area contributed by atoms with Crippen LogP contribution >= 0.6 is 0 Å². The van der Waals surface area contributed by atoms with E-state index in [4.69, 9.17) is 5.73 Å². The number of nitrogens with zero attached hydrogens (tertiary/aromatic N) is 1. The molecule has 0 aliphatic heterocycles. The molecular weight excluding hydrogens is 239 g/mol. The number of rotatable bonds is 4. The predicted octanol–water partition coefficient (Wildman–Crippen LogP) is 3.02. The van der Waals surface area contributed by atoms with Crippen molar-refractivity contribution in [3.8, 4) is 0 Å². The van der Waals surface area contributed by atoms with Gasteiger partial charge in [0.15, 0.2) is 0 Å². The second kappa shape index (κ2) is 5.59. The summed E-state index contributed by atoms with van der Waals surface area (Å²) < 4.78 is 12.9. The lowest BCUT2D eigenvalue weighted by Gasteiger charge is -2.29. The third-order valence-electron chi connectivity index (χ3n) is 4.48. The summed E-state index contributed by atoms with van der Waals surface area (Å²) in [6.07, 6.45) is 2.42. The minimum Gasteiger partial charge on any atom is -0.327 e. The Balaban J connectivity index is 1.88. The highest BCUT2D eigenvalue weighted by Crippen LogP contribution is 2.40. The Morgan fingerprint density at radius 3 is 2.47 bits per heavy atom. The fourth-order valence-electron chi connectivity index (χ4n) is 3.11. The molecule has 3 heteroatoms. The molecule has 2 N–H and O–H groups in total. The van der Waals surface area contributed by atoms with Crippen molar-refractivity contribution in [1.29, 1.82) is 0 Å². The molecule has 0 aromatic heterocycles. The smallest absolute Gasteiger partial charge is 0.123 e. The molecule has 1 aromatic carbocycles. The zero-order chi connectivity index (χ0) is 14.0. The van der Waals surface area contributed by atoms with Crippen LogP contribution in [0.15, 0.2) is 24.3 Å². The minimum atomic E-state index is -0.175. The Hall–Kier alpha value is -0.930. The lowest BCUT2D eigenvalue weighted by Crippen LogP contribution is -2.41. The lowest BCUT2D eigenvalue weighted by molar-refractivity contribution is 0.229. The first-order chi connectivity index (χ1) is 8.88. The van der Waals surface area contributed by atoms with Crippen LogP contribution in [0.3, 0.4) is 0 Å². The third-order valence-corrected chi connectivity index (χ3v) is 4.48. The first kappa shape index (κ1) is 14.5. The zero-order valence-corrected chi connectivity index (χ0v) is 12.2. The average molecular weight is 264 g/mol. The van der Waals surface area contributed by atoms with Crippen LogP contribution in [0, 0.1) is 17.2 Å². The van der Waals surface area contributed by atoms with Crippen LogP contribution in [0.2, 0.25) is 0 Å². The summed E-state index contributed by atoms with van der Waals surface area (Å²) in [4.78, 5) is 2.29. The molecule has 0 saturated heterocycles. The first-order valence-electron chi connectivity index (χ1n) is 7.07. The molecule has 1 saturated carbocycles. The fraction of sp³-hybridized carbons (Fsp3) is 0.625. The topological polar surface area (TPSA) is 29.3 Å². The zero-order valence-electron chi connectivity index (χ0n) is 12.2. The molecule has 0 amide bonds. The Bertz CT molecular complexity index is 413. The first-order valence-corrected chi connectivity index (χ1v) is 7.07. The molecule has 2 rings (SSSR count). The number of hydrogen-bond donors (Lipinski definition) is 1. The standard InChI is InChI=1S/C16H25FN2/c1-16(2)9-8-13(15(16)18)11-19(3)10-12-4-6-14(17)7-5-12/h4-7,13,15H,8-11,18H2,1-3H3. The largest absolute Gasteiger partial charge is 0.327 e. The van der Waals surface area contributed by atoms with Crippen LogP contribution in [-0.2, 0) is 6.54 Å². The van der Waals surface area contributed by atoms with Crippen LogP contribution in [0.25, 0.3) is 0 Å². The van der Waals surface area contributed by atoms with Crippen molar-refractivity contribution in [2.24, 2.45) is 17.1 Å². The van der Waals surface area contributed by atoms with Gasteiger partial charge in [-0.25, -0.2) is 4.39 Å². The van der Waals surface area contributed by atoms with Crippen molar-refractivity contribution in [1.82, 2.24) is 4.90 Å². The van der Waals surface area contributed by atoms with Crippen LogP contribution in [0.4, 0.5) is 4.39 Å². The molecule has 0 heterocycles. The Kier molecular flexibility index (Phi) is 4.26. The van der Waals surface area contributed by atoms with Gasteiger partial charge in [0.25, 0.3) is 0 Å². The summed E-state index contributed by atoms with van der Waals surface area (Å²) in [5.74, 6) is 0.395. The molecule has 0 spiro atoms. The number of nitrogens with two attached hydrogens (primary N) is 1. The van der Waals surface area contributed by atoms with E-state index in [2.05, 4.69) is 25.8 Å². The van der Waals surface area contributed by atoms with Crippen molar-refractivity contribution < 1.29 is 4.39 Å². The van der Waals surface area contributed by atoms with E-state index in [9.17, 15) is 4.39 Å². The van der Waals surface area contributed by atoms with Gasteiger partial charge >= 0.3 is 0 Å². The van der Waals surface area contributed by atoms with E-state index < -0.39 is 0 Å². The minimum absolute atomic E-state index is 0.175. The molecule has 19 heavy (non-hydrogen) atoms. The van der Waals surface area contributed by atoms with E-state index in [0.717, 1.165) is 18.7 Å². The van der Waals surface area contributed by atoms with Crippen molar-refractivity contribution in [2.75, 3.05) is 13.6 Å². The van der Waals surface area contributed by atoms with Gasteiger partial charge in [-0.15, -0.1) is 0 Å². The molecule has 1 aromatic rings. The average Bonchev–Trinajstić information content (AvgIpc) is 2.59. The van der Waals surface area contributed by atoms with Gasteiger partial charge in [-0.05, 0) is 48.9 Å². The molecule has 2 nitrogen and oxygen atoms in total. The summed E-state index contributed by atoms with van der Waals surface area (Å²) in [5, 5.41) is 0. The molecular formula is C16H25FN2. The van der Waals surface area contributed by atoms with Crippen molar-refractivity contribution in [3.05, 3.63) is 35.6 Å². The Morgan fingerprint density at radius 2 is 1.95 bits per heavy atom. The Morgan fingerprint density at radius 1 is 1.32 bits per heavy atom. The van der Waals surface area contributed by atoms with E-state index in [1.807, 2.05) is 12.1 Å². The van der Waals surface area contributed by atoms with Crippen LogP contribution in [0.1, 0.15) is 32.3 Å². The summed E-state index contributed by atoms with van der Waals surface area (Å²) in [5.41, 5.74) is 7.76. The molecule has 0 radical (unpaired) electrons. The van der Waals surface area contributed by atoms with Crippen molar-refractivity contribution in [2.45, 2.75) is 39.3 Å². The summed E-state index contributed by atoms with van der Waals surface area (Å²) in [7, 11) is 2.11. The van der Waals surface area contributed by atoms with Gasteiger partial charge < -0.3 is 10.6 Å². The van der Waals surface area contributed by atoms with Gasteiger partial charge in [-0.1, -0.05) is 26.0 Å². The Labute approximate surface area is 115 Å². The number of hydrogen-bond acceptors (Lipinski definition) is 2. The molecule has 1 aliphatic rings. The second-order valence-corrected chi connectivity index (χ2v) is 6.64. The van der Waals surface area contributed by atoms with Gasteiger partial charge in [0, 0.05) is 19.1 Å². The van der Waals surface area contributed by atoms with Crippen molar-refractivity contribution in [3.63, 3.8) is 0 Å². The molecule has 0 bridgehead atoms. The van der Waals surface area contributed by atoms with Crippen LogP contribution in [-0.4, -0.2) is 24.5 Å². The maximum absolute atomic E-state index is 12.9. The molecule has 1 fully saturated rings. The maximum Gasteiger partial charge on any atom is 0.123 e. The van der Waals surface area contributed by atoms with Crippen LogP contribution in [0.5, 0.6) is 0 Å². The molecule has 2 atom stereocenters. The highest BCUT2D eigenvalue weighted by molar-refractivity contribution is 5.15. The van der Waals surface area contributed by atoms with Gasteiger partial charge in [0.2, 0.25) is 0 Å². The molecule has 106 valence electrons. The maximum atomic E-state index is 12.9. The highest BCUT2D eigenvalue weighted by Gasteiger charge is 2.39.